The molecule has 0 bridgehead atoms. The first kappa shape index (κ1) is 32.7. The first-order chi connectivity index (χ1) is 20.5. The van der Waals surface area contributed by atoms with E-state index in [0.717, 1.165) is 45.4 Å². The second-order valence-electron chi connectivity index (χ2n) is 12.2. The van der Waals surface area contributed by atoms with Crippen LogP contribution in [0.5, 0.6) is 0 Å². The van der Waals surface area contributed by atoms with E-state index in [-0.39, 0.29) is 29.4 Å². The van der Waals surface area contributed by atoms with E-state index in [2.05, 4.69) is 27.3 Å². The summed E-state index contributed by atoms with van der Waals surface area (Å²) < 4.78 is 36.7. The van der Waals surface area contributed by atoms with Crippen molar-refractivity contribution in [3.63, 3.8) is 0 Å². The Labute approximate surface area is 260 Å². The summed E-state index contributed by atoms with van der Waals surface area (Å²) in [6.07, 6.45) is 2.24. The molecule has 1 aromatic heterocycles. The second kappa shape index (κ2) is 14.5. The van der Waals surface area contributed by atoms with Gasteiger partial charge in [-0.1, -0.05) is 57.7 Å². The van der Waals surface area contributed by atoms with Crippen molar-refractivity contribution in [2.45, 2.75) is 52.4 Å². The maximum absolute atomic E-state index is 15.0. The van der Waals surface area contributed by atoms with Crippen molar-refractivity contribution in [3.8, 4) is 11.1 Å². The zero-order valence-corrected chi connectivity index (χ0v) is 27.0. The molecule has 1 saturated heterocycles. The molecular weight excluding hydrogens is 588 g/mol. The normalized spacial score (nSPS) is 15.9. The van der Waals surface area contributed by atoms with Gasteiger partial charge in [0.15, 0.2) is 0 Å². The van der Waals surface area contributed by atoms with E-state index in [0.29, 0.717) is 38.3 Å². The molecular formula is C33H40ClF2N3O3Si. The van der Waals surface area contributed by atoms with E-state index in [4.69, 9.17) is 16.3 Å². The van der Waals surface area contributed by atoms with Crippen molar-refractivity contribution in [2.24, 2.45) is 11.3 Å². The van der Waals surface area contributed by atoms with Gasteiger partial charge in [-0.05, 0) is 53.6 Å². The lowest BCUT2D eigenvalue weighted by atomic mass is 9.82. The van der Waals surface area contributed by atoms with Crippen LogP contribution in [0.4, 0.5) is 13.6 Å². The molecule has 3 aromatic rings. The van der Waals surface area contributed by atoms with Crippen molar-refractivity contribution in [1.82, 2.24) is 14.4 Å². The average molecular weight is 628 g/mol. The van der Waals surface area contributed by atoms with E-state index in [1.807, 2.05) is 52.1 Å². The highest BCUT2D eigenvalue weighted by molar-refractivity contribution is 6.33. The third kappa shape index (κ3) is 8.26. The summed E-state index contributed by atoms with van der Waals surface area (Å²) in [4.78, 5) is 29.7. The van der Waals surface area contributed by atoms with Crippen LogP contribution >= 0.6 is 11.6 Å². The summed E-state index contributed by atoms with van der Waals surface area (Å²) in [7, 11) is 0.720. The molecule has 2 heterocycles. The van der Waals surface area contributed by atoms with Crippen LogP contribution in [0, 0.1) is 23.0 Å². The van der Waals surface area contributed by atoms with Gasteiger partial charge in [0.25, 0.3) is 0 Å². The number of likely N-dealkylation sites (tertiary alicyclic amines) is 1. The molecule has 1 aliphatic heterocycles. The van der Waals surface area contributed by atoms with E-state index in [1.165, 1.54) is 6.07 Å². The zero-order valence-electron chi connectivity index (χ0n) is 25.3. The highest BCUT2D eigenvalue weighted by atomic mass is 35.5. The molecule has 2 radical (unpaired) electrons. The first-order valence-corrected chi connectivity index (χ1v) is 16.9. The van der Waals surface area contributed by atoms with E-state index < -0.39 is 23.1 Å². The molecule has 1 aliphatic rings. The van der Waals surface area contributed by atoms with Crippen molar-refractivity contribution in [2.75, 3.05) is 32.1 Å². The lowest BCUT2D eigenvalue weighted by Crippen LogP contribution is -2.45. The molecule has 0 spiro atoms. The molecule has 4 rings (SSSR count). The minimum atomic E-state index is -0.528. The van der Waals surface area contributed by atoms with Gasteiger partial charge in [0.2, 0.25) is 5.91 Å². The van der Waals surface area contributed by atoms with Gasteiger partial charge in [0.05, 0.1) is 12.6 Å². The van der Waals surface area contributed by atoms with Crippen LogP contribution in [0.1, 0.15) is 44.5 Å². The van der Waals surface area contributed by atoms with Crippen LogP contribution in [-0.4, -0.2) is 68.0 Å². The number of halogens is 3. The van der Waals surface area contributed by atoms with E-state index in [1.54, 1.807) is 4.90 Å². The number of carbonyl (C=O) groups excluding carboxylic acids is 2. The number of benzene rings is 2. The van der Waals surface area contributed by atoms with Gasteiger partial charge in [0.1, 0.15) is 17.5 Å². The molecule has 0 aliphatic carbocycles. The molecule has 10 heteroatoms. The lowest BCUT2D eigenvalue weighted by molar-refractivity contribution is -0.134. The largest absolute Gasteiger partial charge is 0.450 e. The van der Waals surface area contributed by atoms with Gasteiger partial charge >= 0.3 is 6.09 Å². The van der Waals surface area contributed by atoms with Gasteiger partial charge < -0.3 is 19.1 Å². The Balaban J connectivity index is 1.72. The summed E-state index contributed by atoms with van der Waals surface area (Å²) in [5.74, 6) is -1.44. The Morgan fingerprint density at radius 3 is 2.56 bits per heavy atom. The summed E-state index contributed by atoms with van der Waals surface area (Å²) >= 11 is 6.20. The summed E-state index contributed by atoms with van der Waals surface area (Å²) in [6.45, 7) is 10.6. The molecule has 43 heavy (non-hydrogen) atoms. The Hall–Kier alpha value is -3.17. The minimum Gasteiger partial charge on any atom is -0.450 e. The van der Waals surface area contributed by atoms with Crippen molar-refractivity contribution < 1.29 is 23.1 Å². The molecule has 0 saturated carbocycles. The van der Waals surface area contributed by atoms with Gasteiger partial charge in [-0.15, -0.1) is 11.6 Å². The predicted molar refractivity (Wildman–Crippen MR) is 167 cm³/mol. The molecule has 2 atom stereocenters. The number of ether oxygens (including phenoxy) is 1. The monoisotopic (exact) mass is 627 g/mol. The third-order valence-electron chi connectivity index (χ3n) is 7.79. The maximum Gasteiger partial charge on any atom is 0.409 e. The lowest BCUT2D eigenvalue weighted by Gasteiger charge is -2.42. The number of nitrogens with zero attached hydrogens (tertiary/aromatic N) is 3. The average Bonchev–Trinajstić information content (AvgIpc) is 3.61. The standard InChI is InChI=1S/C33H40ClF2N3O3Si/c1-33(2,3)31(39(30(40)18-34)21-24-12-13-37(20-24)32(41)42-14-15-43-4)29-16-25(27-17-26(35)10-11-28(27)36)22-38(29)19-23-8-6-5-7-9-23/h5-11,16-17,22,24,31H,12-15,18-21H2,1-4H3/t24?,31-/m0/s1. The molecule has 1 unspecified atom stereocenters. The van der Waals surface area contributed by atoms with Crippen molar-refractivity contribution in [3.05, 3.63) is 83.7 Å². The number of hydrogen-bond acceptors (Lipinski definition) is 3. The molecule has 2 amide bonds. The number of hydrogen-bond donors (Lipinski definition) is 0. The number of carbonyl (C=O) groups is 2. The van der Waals surface area contributed by atoms with Crippen LogP contribution in [-0.2, 0) is 16.1 Å². The summed E-state index contributed by atoms with van der Waals surface area (Å²) in [6, 6.07) is 15.5. The molecule has 230 valence electrons. The number of rotatable bonds is 11. The van der Waals surface area contributed by atoms with Crippen molar-refractivity contribution >= 4 is 33.1 Å². The van der Waals surface area contributed by atoms with Crippen LogP contribution < -0.4 is 0 Å². The van der Waals surface area contributed by atoms with E-state index >= 15 is 0 Å². The SMILES string of the molecule is C[Si]CCOC(=O)N1CCC(CN(C(=O)CCl)[C@@H](c2cc(-c3cc(F)ccc3F)cn2Cc2ccccc2)C(C)(C)C)C1. The van der Waals surface area contributed by atoms with Crippen molar-refractivity contribution in [1.29, 1.82) is 0 Å². The Bertz CT molecular complexity index is 1400. The number of alkyl halides is 1. The van der Waals surface area contributed by atoms with E-state index in [9.17, 15) is 18.4 Å². The van der Waals surface area contributed by atoms with Gasteiger partial charge in [-0.3, -0.25) is 4.79 Å². The maximum atomic E-state index is 15.0. The minimum absolute atomic E-state index is 0.0373. The van der Waals surface area contributed by atoms with Crippen LogP contribution in [0.25, 0.3) is 11.1 Å². The topological polar surface area (TPSA) is 54.8 Å². The third-order valence-corrected chi connectivity index (χ3v) is 8.72. The van der Waals surface area contributed by atoms with Gasteiger partial charge in [-0.2, -0.15) is 0 Å². The zero-order chi connectivity index (χ0) is 31.1. The first-order valence-electron chi connectivity index (χ1n) is 14.6. The number of aromatic nitrogens is 1. The fourth-order valence-electron chi connectivity index (χ4n) is 5.80. The summed E-state index contributed by atoms with van der Waals surface area (Å²) in [5, 5.41) is 0. The Morgan fingerprint density at radius 2 is 1.88 bits per heavy atom. The van der Waals surface area contributed by atoms with Crippen LogP contribution in [0.2, 0.25) is 12.6 Å². The molecule has 1 fully saturated rings. The highest BCUT2D eigenvalue weighted by Gasteiger charge is 2.39. The predicted octanol–water partition coefficient (Wildman–Crippen LogP) is 7.27. The smallest absolute Gasteiger partial charge is 0.409 e. The molecule has 2 aromatic carbocycles. The van der Waals surface area contributed by atoms with Crippen LogP contribution in [0.3, 0.4) is 0 Å². The molecule has 0 N–H and O–H groups in total. The quantitative estimate of drug-likeness (QED) is 0.128. The fraction of sp³-hybridized carbons (Fsp3) is 0.455. The fourth-order valence-corrected chi connectivity index (χ4v) is 6.26. The van der Waals surface area contributed by atoms with Gasteiger partial charge in [-0.25, -0.2) is 13.6 Å². The van der Waals surface area contributed by atoms with Crippen LogP contribution in [0.15, 0.2) is 60.8 Å². The Kier molecular flexibility index (Phi) is 11.1. The second-order valence-corrected chi connectivity index (χ2v) is 13.6. The number of amides is 2. The highest BCUT2D eigenvalue weighted by Crippen LogP contribution is 2.42. The Morgan fingerprint density at radius 1 is 1.14 bits per heavy atom. The summed E-state index contributed by atoms with van der Waals surface area (Å²) in [5.41, 5.74) is 2.05. The van der Waals surface area contributed by atoms with Gasteiger partial charge in [0, 0.05) is 58.7 Å². The molecule has 6 nitrogen and oxygen atoms in total.